The lowest BCUT2D eigenvalue weighted by atomic mass is 9.88. The number of aromatic amines is 1. The van der Waals surface area contributed by atoms with Crippen LogP contribution in [0.4, 0.5) is 5.69 Å². The number of anilines is 1. The Morgan fingerprint density at radius 3 is 2.89 bits per heavy atom. The zero-order valence-corrected chi connectivity index (χ0v) is 15.1. The summed E-state index contributed by atoms with van der Waals surface area (Å²) in [5, 5.41) is 11.9. The number of esters is 1. The summed E-state index contributed by atoms with van der Waals surface area (Å²) in [5.74, 6) is -1.12. The van der Waals surface area contributed by atoms with Crippen LogP contribution in [-0.4, -0.2) is 28.2 Å². The number of hydrogen-bond acceptors (Lipinski definition) is 4. The molecule has 2 unspecified atom stereocenters. The Kier molecular flexibility index (Phi) is 4.62. The number of carbonyl (C=O) groups is 2. The lowest BCUT2D eigenvalue weighted by Crippen LogP contribution is -2.32. The molecule has 0 fully saturated rings. The Morgan fingerprint density at radius 1 is 1.22 bits per heavy atom. The lowest BCUT2D eigenvalue weighted by molar-refractivity contribution is -0.155. The highest BCUT2D eigenvalue weighted by Gasteiger charge is 2.31. The Bertz CT molecular complexity index is 995. The van der Waals surface area contributed by atoms with Crippen molar-refractivity contribution in [2.75, 3.05) is 5.32 Å². The Labute approximate surface area is 156 Å². The molecule has 2 N–H and O–H groups in total. The second kappa shape index (κ2) is 7.23. The Balaban J connectivity index is 1.41. The van der Waals surface area contributed by atoms with Crippen molar-refractivity contribution in [1.82, 2.24) is 10.2 Å². The number of rotatable bonds is 4. The number of aryl methyl sites for hydroxylation is 1. The molecule has 4 rings (SSSR count). The molecule has 0 bridgehead atoms. The van der Waals surface area contributed by atoms with Crippen molar-refractivity contribution in [2.45, 2.75) is 38.2 Å². The van der Waals surface area contributed by atoms with E-state index in [1.807, 2.05) is 42.5 Å². The van der Waals surface area contributed by atoms with Crippen LogP contribution in [0.25, 0.3) is 10.8 Å². The molecule has 138 valence electrons. The Morgan fingerprint density at radius 2 is 2.04 bits per heavy atom. The molecule has 6 nitrogen and oxygen atoms in total. The van der Waals surface area contributed by atoms with Crippen molar-refractivity contribution in [2.24, 2.45) is 0 Å². The smallest absolute Gasteiger partial charge is 0.315 e. The normalized spacial score (nSPS) is 17.1. The highest BCUT2D eigenvalue weighted by molar-refractivity contribution is 5.97. The summed E-state index contributed by atoms with van der Waals surface area (Å²) in [5.41, 5.74) is 2.54. The molecule has 2 aromatic carbocycles. The topological polar surface area (TPSA) is 84.1 Å². The molecule has 2 atom stereocenters. The molecule has 0 saturated carbocycles. The van der Waals surface area contributed by atoms with Gasteiger partial charge in [-0.05, 0) is 54.7 Å². The number of benzene rings is 2. The number of fused-ring (bicyclic) bond motifs is 2. The van der Waals surface area contributed by atoms with E-state index in [0.29, 0.717) is 12.1 Å². The van der Waals surface area contributed by atoms with E-state index in [4.69, 9.17) is 4.74 Å². The van der Waals surface area contributed by atoms with E-state index in [1.165, 1.54) is 0 Å². The van der Waals surface area contributed by atoms with Gasteiger partial charge in [0.2, 0.25) is 0 Å². The number of amides is 1. The average Bonchev–Trinajstić information content (AvgIpc) is 3.16. The SMILES string of the molecule is CC(OC(=O)C1CCCc2cn[nH]c21)C(=O)Nc1ccc2ccccc2c1. The fraction of sp³-hybridized carbons (Fsp3) is 0.286. The lowest BCUT2D eigenvalue weighted by Gasteiger charge is -2.22. The molecule has 3 aromatic rings. The van der Waals surface area contributed by atoms with Crippen LogP contribution >= 0.6 is 0 Å². The second-order valence-corrected chi connectivity index (χ2v) is 6.88. The van der Waals surface area contributed by atoms with Gasteiger partial charge in [0.25, 0.3) is 5.91 Å². The van der Waals surface area contributed by atoms with E-state index in [2.05, 4.69) is 15.5 Å². The second-order valence-electron chi connectivity index (χ2n) is 6.88. The van der Waals surface area contributed by atoms with Crippen molar-refractivity contribution in [1.29, 1.82) is 0 Å². The van der Waals surface area contributed by atoms with Crippen LogP contribution in [-0.2, 0) is 20.7 Å². The van der Waals surface area contributed by atoms with Crippen LogP contribution in [0.2, 0.25) is 0 Å². The summed E-state index contributed by atoms with van der Waals surface area (Å²) in [7, 11) is 0. The van der Waals surface area contributed by atoms with Gasteiger partial charge in [-0.2, -0.15) is 5.10 Å². The van der Waals surface area contributed by atoms with Crippen LogP contribution in [0.5, 0.6) is 0 Å². The van der Waals surface area contributed by atoms with Gasteiger partial charge in [0.1, 0.15) is 0 Å². The number of H-pyrrole nitrogens is 1. The van der Waals surface area contributed by atoms with Crippen LogP contribution in [0.1, 0.15) is 36.9 Å². The molecule has 1 aromatic heterocycles. The summed E-state index contributed by atoms with van der Waals surface area (Å²) in [6.45, 7) is 1.59. The van der Waals surface area contributed by atoms with Crippen LogP contribution < -0.4 is 5.32 Å². The quantitative estimate of drug-likeness (QED) is 0.694. The maximum absolute atomic E-state index is 12.6. The van der Waals surface area contributed by atoms with Crippen molar-refractivity contribution in [3.05, 3.63) is 59.9 Å². The maximum atomic E-state index is 12.6. The largest absolute Gasteiger partial charge is 0.452 e. The summed E-state index contributed by atoms with van der Waals surface area (Å²) in [4.78, 5) is 25.0. The summed E-state index contributed by atoms with van der Waals surface area (Å²) >= 11 is 0. The third kappa shape index (κ3) is 3.56. The molecular weight excluding hydrogens is 342 g/mol. The standard InChI is InChI=1S/C21H21N3O3/c1-13(27-21(26)18-8-4-7-16-12-22-24-19(16)18)20(25)23-17-10-9-14-5-2-3-6-15(14)11-17/h2-3,5-6,9-13,18H,4,7-8H2,1H3,(H,22,24)(H,23,25). The molecule has 27 heavy (non-hydrogen) atoms. The summed E-state index contributed by atoms with van der Waals surface area (Å²) in [6.07, 6.45) is 3.40. The zero-order valence-electron chi connectivity index (χ0n) is 15.1. The van der Waals surface area contributed by atoms with E-state index in [-0.39, 0.29) is 17.8 Å². The monoisotopic (exact) mass is 363 g/mol. The fourth-order valence-electron chi connectivity index (χ4n) is 3.52. The average molecular weight is 363 g/mol. The van der Waals surface area contributed by atoms with Crippen LogP contribution in [0.15, 0.2) is 48.7 Å². The van der Waals surface area contributed by atoms with E-state index < -0.39 is 6.10 Å². The highest BCUT2D eigenvalue weighted by Crippen LogP contribution is 2.31. The highest BCUT2D eigenvalue weighted by atomic mass is 16.5. The first-order valence-corrected chi connectivity index (χ1v) is 9.14. The first kappa shape index (κ1) is 17.3. The van der Waals surface area contributed by atoms with Gasteiger partial charge in [0, 0.05) is 5.69 Å². The number of aromatic nitrogens is 2. The molecule has 0 saturated heterocycles. The van der Waals surface area contributed by atoms with E-state index in [1.54, 1.807) is 13.1 Å². The minimum atomic E-state index is -0.878. The molecule has 0 spiro atoms. The third-order valence-corrected chi connectivity index (χ3v) is 5.00. The maximum Gasteiger partial charge on any atom is 0.315 e. The Hall–Kier alpha value is -3.15. The van der Waals surface area contributed by atoms with Crippen LogP contribution in [0, 0.1) is 0 Å². The number of nitrogens with one attached hydrogen (secondary N) is 2. The number of ether oxygens (including phenoxy) is 1. The first-order chi connectivity index (χ1) is 13.1. The summed E-state index contributed by atoms with van der Waals surface area (Å²) in [6, 6.07) is 13.6. The van der Waals surface area contributed by atoms with E-state index >= 15 is 0 Å². The first-order valence-electron chi connectivity index (χ1n) is 9.14. The summed E-state index contributed by atoms with van der Waals surface area (Å²) < 4.78 is 5.44. The fourth-order valence-corrected chi connectivity index (χ4v) is 3.52. The van der Waals surface area contributed by atoms with E-state index in [9.17, 15) is 9.59 Å². The molecule has 6 heteroatoms. The third-order valence-electron chi connectivity index (χ3n) is 5.00. The molecule has 0 aliphatic heterocycles. The van der Waals surface area contributed by atoms with Crippen molar-refractivity contribution < 1.29 is 14.3 Å². The molecular formula is C21H21N3O3. The van der Waals surface area contributed by atoms with Gasteiger partial charge in [-0.3, -0.25) is 14.7 Å². The number of nitrogens with zero attached hydrogens (tertiary/aromatic N) is 1. The van der Waals surface area contributed by atoms with Gasteiger partial charge in [-0.1, -0.05) is 30.3 Å². The van der Waals surface area contributed by atoms with Gasteiger partial charge >= 0.3 is 5.97 Å². The van der Waals surface area contributed by atoms with Gasteiger partial charge in [0.15, 0.2) is 6.10 Å². The predicted molar refractivity (Wildman–Crippen MR) is 102 cm³/mol. The van der Waals surface area contributed by atoms with Gasteiger partial charge < -0.3 is 10.1 Å². The minimum absolute atomic E-state index is 0.348. The van der Waals surface area contributed by atoms with Crippen molar-refractivity contribution in [3.63, 3.8) is 0 Å². The van der Waals surface area contributed by atoms with Gasteiger partial charge in [-0.25, -0.2) is 0 Å². The number of carbonyl (C=O) groups excluding carboxylic acids is 2. The van der Waals surface area contributed by atoms with Gasteiger partial charge in [-0.15, -0.1) is 0 Å². The molecule has 0 radical (unpaired) electrons. The molecule has 1 aliphatic carbocycles. The van der Waals surface area contributed by atoms with Gasteiger partial charge in [0.05, 0.1) is 17.8 Å². The van der Waals surface area contributed by atoms with Crippen LogP contribution in [0.3, 0.4) is 0 Å². The molecule has 1 heterocycles. The molecule has 1 aliphatic rings. The van der Waals surface area contributed by atoms with E-state index in [0.717, 1.165) is 34.9 Å². The van der Waals surface area contributed by atoms with Crippen molar-refractivity contribution in [3.8, 4) is 0 Å². The zero-order chi connectivity index (χ0) is 18.8. The number of hydrogen-bond donors (Lipinski definition) is 2. The van der Waals surface area contributed by atoms with Crippen molar-refractivity contribution >= 4 is 28.3 Å². The minimum Gasteiger partial charge on any atom is -0.452 e. The molecule has 1 amide bonds. The predicted octanol–water partition coefficient (Wildman–Crippen LogP) is 3.55.